The van der Waals surface area contributed by atoms with Gasteiger partial charge >= 0.3 is 0 Å². The van der Waals surface area contributed by atoms with E-state index in [0.29, 0.717) is 5.95 Å². The molecule has 2 aromatic rings. The highest BCUT2D eigenvalue weighted by molar-refractivity contribution is 9.10. The Morgan fingerprint density at radius 2 is 1.74 bits per heavy atom. The molecule has 0 aliphatic rings. The lowest BCUT2D eigenvalue weighted by molar-refractivity contribution is 1.13. The van der Waals surface area contributed by atoms with Gasteiger partial charge in [0.05, 0.1) is 4.47 Å². The summed E-state index contributed by atoms with van der Waals surface area (Å²) in [5, 5.41) is 6.28. The van der Waals surface area contributed by atoms with Gasteiger partial charge in [0.25, 0.3) is 0 Å². The van der Waals surface area contributed by atoms with E-state index in [9.17, 15) is 0 Å². The minimum absolute atomic E-state index is 0.582. The van der Waals surface area contributed by atoms with Crippen molar-refractivity contribution in [1.82, 2.24) is 9.97 Å². The van der Waals surface area contributed by atoms with Gasteiger partial charge in [0, 0.05) is 23.4 Å². The molecular formula is C13H14Br2N4. The molecule has 6 heteroatoms. The molecule has 1 heterocycles. The standard InChI is InChI=1S/C13H14Br2N4/c1-7-4-9(14)5-8(2)11(7)18-12-10(15)6-17-13(16-3)19-12/h4-6H,1-3H3,(H2,16,17,18,19). The first-order valence-corrected chi connectivity index (χ1v) is 7.34. The molecule has 0 saturated heterocycles. The third-order valence-electron chi connectivity index (χ3n) is 2.71. The number of halogens is 2. The molecule has 19 heavy (non-hydrogen) atoms. The lowest BCUT2D eigenvalue weighted by atomic mass is 10.1. The molecular weight excluding hydrogens is 372 g/mol. The van der Waals surface area contributed by atoms with Crippen LogP contribution in [0.4, 0.5) is 17.5 Å². The Balaban J connectivity index is 2.41. The Morgan fingerprint density at radius 3 is 2.32 bits per heavy atom. The van der Waals surface area contributed by atoms with Crippen LogP contribution in [0.2, 0.25) is 0 Å². The molecule has 2 rings (SSSR count). The van der Waals surface area contributed by atoms with Gasteiger partial charge in [-0.05, 0) is 53.0 Å². The summed E-state index contributed by atoms with van der Waals surface area (Å²) in [5.74, 6) is 1.32. The van der Waals surface area contributed by atoms with Crippen molar-refractivity contribution in [2.75, 3.05) is 17.7 Å². The number of anilines is 3. The maximum atomic E-state index is 4.40. The summed E-state index contributed by atoms with van der Waals surface area (Å²) in [6.07, 6.45) is 1.73. The third-order valence-corrected chi connectivity index (χ3v) is 3.75. The van der Waals surface area contributed by atoms with Crippen molar-refractivity contribution >= 4 is 49.3 Å². The van der Waals surface area contributed by atoms with Crippen LogP contribution in [0.15, 0.2) is 27.3 Å². The minimum atomic E-state index is 0.582. The first kappa shape index (κ1) is 14.3. The lowest BCUT2D eigenvalue weighted by Crippen LogP contribution is -2.03. The zero-order chi connectivity index (χ0) is 14.0. The highest BCUT2D eigenvalue weighted by Gasteiger charge is 2.09. The molecule has 0 aliphatic heterocycles. The zero-order valence-corrected chi connectivity index (χ0v) is 14.1. The topological polar surface area (TPSA) is 49.8 Å². The van der Waals surface area contributed by atoms with Crippen LogP contribution >= 0.6 is 31.9 Å². The number of aromatic nitrogens is 2. The number of aryl methyl sites for hydroxylation is 2. The summed E-state index contributed by atoms with van der Waals surface area (Å²) in [6.45, 7) is 4.13. The van der Waals surface area contributed by atoms with Crippen LogP contribution < -0.4 is 10.6 Å². The molecule has 0 fully saturated rings. The number of benzene rings is 1. The quantitative estimate of drug-likeness (QED) is 0.821. The van der Waals surface area contributed by atoms with Gasteiger partial charge in [-0.25, -0.2) is 4.98 Å². The van der Waals surface area contributed by atoms with E-state index in [1.165, 1.54) is 0 Å². The highest BCUT2D eigenvalue weighted by atomic mass is 79.9. The van der Waals surface area contributed by atoms with Gasteiger partial charge in [-0.3, -0.25) is 0 Å². The Kier molecular flexibility index (Phi) is 4.42. The molecule has 1 aromatic carbocycles. The van der Waals surface area contributed by atoms with Crippen LogP contribution in [0.3, 0.4) is 0 Å². The van der Waals surface area contributed by atoms with E-state index in [4.69, 9.17) is 0 Å². The Morgan fingerprint density at radius 1 is 1.11 bits per heavy atom. The van der Waals surface area contributed by atoms with Gasteiger partial charge in [0.15, 0.2) is 0 Å². The second kappa shape index (κ2) is 5.88. The van der Waals surface area contributed by atoms with Gasteiger partial charge in [0.2, 0.25) is 5.95 Å². The first-order valence-electron chi connectivity index (χ1n) is 5.75. The zero-order valence-electron chi connectivity index (χ0n) is 10.9. The van der Waals surface area contributed by atoms with Crippen LogP contribution in [0, 0.1) is 13.8 Å². The van der Waals surface area contributed by atoms with Crippen molar-refractivity contribution < 1.29 is 0 Å². The van der Waals surface area contributed by atoms with Gasteiger partial charge in [-0.1, -0.05) is 15.9 Å². The molecule has 0 saturated carbocycles. The lowest BCUT2D eigenvalue weighted by Gasteiger charge is -2.14. The van der Waals surface area contributed by atoms with Crippen molar-refractivity contribution in [1.29, 1.82) is 0 Å². The van der Waals surface area contributed by atoms with Crippen molar-refractivity contribution in [3.63, 3.8) is 0 Å². The van der Waals surface area contributed by atoms with E-state index >= 15 is 0 Å². The smallest absolute Gasteiger partial charge is 0.224 e. The predicted molar refractivity (Wildman–Crippen MR) is 86.2 cm³/mol. The average Bonchev–Trinajstić information content (AvgIpc) is 2.35. The van der Waals surface area contributed by atoms with Crippen LogP contribution in [0.1, 0.15) is 11.1 Å². The first-order chi connectivity index (χ1) is 9.01. The fraction of sp³-hybridized carbons (Fsp3) is 0.231. The van der Waals surface area contributed by atoms with Crippen molar-refractivity contribution in [2.24, 2.45) is 0 Å². The molecule has 0 atom stereocenters. The predicted octanol–water partition coefficient (Wildman–Crippen LogP) is 4.40. The van der Waals surface area contributed by atoms with Crippen LogP contribution in [0.25, 0.3) is 0 Å². The van der Waals surface area contributed by atoms with E-state index < -0.39 is 0 Å². The van der Waals surface area contributed by atoms with Gasteiger partial charge in [-0.2, -0.15) is 4.98 Å². The average molecular weight is 386 g/mol. The van der Waals surface area contributed by atoms with E-state index in [1.54, 1.807) is 13.2 Å². The van der Waals surface area contributed by atoms with Gasteiger partial charge < -0.3 is 10.6 Å². The third kappa shape index (κ3) is 3.25. The summed E-state index contributed by atoms with van der Waals surface area (Å²) in [6, 6.07) is 4.15. The maximum absolute atomic E-state index is 4.40. The second-order valence-electron chi connectivity index (χ2n) is 4.18. The van der Waals surface area contributed by atoms with Crippen LogP contribution in [0.5, 0.6) is 0 Å². The minimum Gasteiger partial charge on any atom is -0.357 e. The second-order valence-corrected chi connectivity index (χ2v) is 5.95. The number of nitrogens with one attached hydrogen (secondary N) is 2. The maximum Gasteiger partial charge on any atom is 0.224 e. The Bertz CT molecular complexity index is 591. The summed E-state index contributed by atoms with van der Waals surface area (Å²) in [4.78, 5) is 8.54. The molecule has 1 aromatic heterocycles. The molecule has 0 unspecified atom stereocenters. The SMILES string of the molecule is CNc1ncc(Br)c(Nc2c(C)cc(Br)cc2C)n1. The van der Waals surface area contributed by atoms with Crippen molar-refractivity contribution in [2.45, 2.75) is 13.8 Å². The summed E-state index contributed by atoms with van der Waals surface area (Å²) in [7, 11) is 1.79. The number of hydrogen-bond acceptors (Lipinski definition) is 4. The molecule has 100 valence electrons. The van der Waals surface area contributed by atoms with Crippen LogP contribution in [-0.2, 0) is 0 Å². The largest absolute Gasteiger partial charge is 0.357 e. The normalized spacial score (nSPS) is 10.4. The summed E-state index contributed by atoms with van der Waals surface area (Å²) in [5.41, 5.74) is 3.37. The number of hydrogen-bond donors (Lipinski definition) is 2. The van der Waals surface area contributed by atoms with Crippen molar-refractivity contribution in [3.8, 4) is 0 Å². The number of rotatable bonds is 3. The van der Waals surface area contributed by atoms with E-state index in [-0.39, 0.29) is 0 Å². The van der Waals surface area contributed by atoms with E-state index in [1.807, 2.05) is 0 Å². The molecule has 0 radical (unpaired) electrons. The van der Waals surface area contributed by atoms with Crippen molar-refractivity contribution in [3.05, 3.63) is 38.4 Å². The monoisotopic (exact) mass is 384 g/mol. The molecule has 4 nitrogen and oxygen atoms in total. The fourth-order valence-corrected chi connectivity index (χ4v) is 2.78. The van der Waals surface area contributed by atoms with Gasteiger partial charge in [0.1, 0.15) is 5.82 Å². The summed E-state index contributed by atoms with van der Waals surface area (Å²) < 4.78 is 1.90. The van der Waals surface area contributed by atoms with Gasteiger partial charge in [-0.15, -0.1) is 0 Å². The Hall–Kier alpha value is -1.14. The number of nitrogens with zero attached hydrogens (tertiary/aromatic N) is 2. The molecule has 0 spiro atoms. The molecule has 0 amide bonds. The summed E-state index contributed by atoms with van der Waals surface area (Å²) >= 11 is 6.95. The molecule has 2 N–H and O–H groups in total. The van der Waals surface area contributed by atoms with E-state index in [0.717, 1.165) is 31.6 Å². The fourth-order valence-electron chi connectivity index (χ4n) is 1.80. The van der Waals surface area contributed by atoms with E-state index in [2.05, 4.69) is 78.4 Å². The Labute approximate surface area is 129 Å². The van der Waals surface area contributed by atoms with Crippen LogP contribution in [-0.4, -0.2) is 17.0 Å². The molecule has 0 bridgehead atoms. The molecule has 0 aliphatic carbocycles. The highest BCUT2D eigenvalue weighted by Crippen LogP contribution is 2.30.